The van der Waals surface area contributed by atoms with E-state index in [0.717, 1.165) is 97.4 Å². The van der Waals surface area contributed by atoms with Gasteiger partial charge in [-0.15, -0.1) is 0 Å². The molecule has 0 spiro atoms. The van der Waals surface area contributed by atoms with Gasteiger partial charge in [0.15, 0.2) is 8.32 Å². The fraction of sp³-hybridized carbons (Fsp3) is 0.417. The number of carbonyl (C=O) groups is 1. The minimum atomic E-state index is -2.18. The van der Waals surface area contributed by atoms with Gasteiger partial charge < -0.3 is 29.3 Å². The molecule has 3 aliphatic heterocycles. The van der Waals surface area contributed by atoms with Crippen molar-refractivity contribution in [2.24, 2.45) is 5.92 Å². The van der Waals surface area contributed by atoms with E-state index in [9.17, 15) is 14.7 Å². The first-order chi connectivity index (χ1) is 28.3. The number of H-pyrrole nitrogens is 1. The monoisotopic (exact) mass is 816 g/mol. The van der Waals surface area contributed by atoms with E-state index in [4.69, 9.17) is 13.9 Å². The van der Waals surface area contributed by atoms with Crippen LogP contribution in [0.25, 0.3) is 22.0 Å². The highest BCUT2D eigenvalue weighted by Crippen LogP contribution is 2.41. The maximum absolute atomic E-state index is 13.2. The highest BCUT2D eigenvalue weighted by molar-refractivity contribution is 6.74. The minimum Gasteiger partial charge on any atom is -0.506 e. The molecule has 0 radical (unpaired) electrons. The van der Waals surface area contributed by atoms with Gasteiger partial charge in [0.1, 0.15) is 17.6 Å². The van der Waals surface area contributed by atoms with Crippen LogP contribution < -0.4 is 20.9 Å². The van der Waals surface area contributed by atoms with E-state index in [1.807, 2.05) is 36.4 Å². The van der Waals surface area contributed by atoms with Crippen molar-refractivity contribution in [3.8, 4) is 22.6 Å². The van der Waals surface area contributed by atoms with Gasteiger partial charge in [-0.2, -0.15) is 0 Å². The fourth-order valence-electron chi connectivity index (χ4n) is 8.05. The Bertz CT molecular complexity index is 2260. The van der Waals surface area contributed by atoms with Gasteiger partial charge in [0.25, 0.3) is 0 Å². The summed E-state index contributed by atoms with van der Waals surface area (Å²) >= 11 is 0. The van der Waals surface area contributed by atoms with E-state index >= 15 is 0 Å². The lowest BCUT2D eigenvalue weighted by Crippen LogP contribution is -2.52. The number of ether oxygens (including phenoxy) is 2. The van der Waals surface area contributed by atoms with Gasteiger partial charge in [-0.1, -0.05) is 81.4 Å². The number of rotatable bonds is 16. The number of aryl methyl sites for hydroxylation is 1. The highest BCUT2D eigenvalue weighted by Gasteiger charge is 2.40. The lowest BCUT2D eigenvalue weighted by Gasteiger charge is -2.43. The molecule has 2 bridgehead atoms. The molecule has 2 atom stereocenters. The van der Waals surface area contributed by atoms with E-state index in [2.05, 4.69) is 96.8 Å². The van der Waals surface area contributed by atoms with Crippen molar-refractivity contribution in [1.29, 1.82) is 0 Å². The summed E-state index contributed by atoms with van der Waals surface area (Å²) in [6.45, 7) is 16.0. The number of benzene rings is 4. The van der Waals surface area contributed by atoms with Gasteiger partial charge in [-0.3, -0.25) is 15.0 Å². The standard InChI is InChI=1S/C48H60N4O6Si/c1-48(2,3)59(4,5)58-43(39-18-20-42(53)46-40(39)19-21-45(54)51-46)31-49-25-22-34-11-9-15-37(29-34)56-28-10-12-33-16-17-38(35-13-7-6-8-14-35)41(30-33)50-47(55)57-44-32-52-26-23-36(44)24-27-52/h6-9,11,13-21,29-30,36,43-44,49,53H,10,12,22-28,31-32H2,1-5H3,(H,50,55)(H,51,54)/t43?,44-/m0/s1. The van der Waals surface area contributed by atoms with Crippen LogP contribution in [0.3, 0.4) is 0 Å². The van der Waals surface area contributed by atoms with Crippen molar-refractivity contribution >= 4 is 31.0 Å². The summed E-state index contributed by atoms with van der Waals surface area (Å²) < 4.78 is 19.2. The first-order valence-electron chi connectivity index (χ1n) is 21.2. The maximum Gasteiger partial charge on any atom is 0.411 e. The van der Waals surface area contributed by atoms with Crippen LogP contribution in [0.15, 0.2) is 102 Å². The maximum atomic E-state index is 13.2. The molecule has 4 heterocycles. The smallest absolute Gasteiger partial charge is 0.411 e. The molecule has 3 aliphatic rings. The van der Waals surface area contributed by atoms with Gasteiger partial charge in [-0.25, -0.2) is 4.79 Å². The number of pyridine rings is 1. The number of nitrogens with zero attached hydrogens (tertiary/aromatic N) is 1. The highest BCUT2D eigenvalue weighted by atomic mass is 28.4. The lowest BCUT2D eigenvalue weighted by atomic mass is 9.86. The second-order valence-corrected chi connectivity index (χ2v) is 22.4. The van der Waals surface area contributed by atoms with E-state index in [0.29, 0.717) is 24.6 Å². The Morgan fingerprint density at radius 3 is 2.46 bits per heavy atom. The molecule has 5 aromatic rings. The number of piperidine rings is 3. The molecule has 3 fully saturated rings. The van der Waals surface area contributed by atoms with Crippen LogP contribution in [0.5, 0.6) is 11.5 Å². The quantitative estimate of drug-likeness (QED) is 0.0574. The number of aromatic hydroxyl groups is 1. The number of nitrogens with one attached hydrogen (secondary N) is 3. The van der Waals surface area contributed by atoms with Crippen LogP contribution in [0.2, 0.25) is 18.1 Å². The summed E-state index contributed by atoms with van der Waals surface area (Å²) in [7, 11) is -2.18. The van der Waals surface area contributed by atoms with E-state index in [1.165, 1.54) is 11.6 Å². The van der Waals surface area contributed by atoms with Crippen LogP contribution in [0.4, 0.5) is 10.5 Å². The van der Waals surface area contributed by atoms with E-state index < -0.39 is 8.32 Å². The van der Waals surface area contributed by atoms with Crippen LogP contribution in [-0.4, -0.2) is 74.8 Å². The third-order valence-corrected chi connectivity index (χ3v) is 16.9. The molecule has 59 heavy (non-hydrogen) atoms. The third-order valence-electron chi connectivity index (χ3n) is 12.5. The topological polar surface area (TPSA) is 125 Å². The van der Waals surface area contributed by atoms with Crippen molar-refractivity contribution in [3.63, 3.8) is 0 Å². The zero-order valence-corrected chi connectivity index (χ0v) is 36.2. The Morgan fingerprint density at radius 1 is 0.932 bits per heavy atom. The second kappa shape index (κ2) is 18.5. The number of aromatic amines is 1. The average molecular weight is 817 g/mol. The van der Waals surface area contributed by atoms with Crippen molar-refractivity contribution < 1.29 is 23.8 Å². The van der Waals surface area contributed by atoms with Crippen LogP contribution in [0, 0.1) is 5.92 Å². The molecule has 3 saturated heterocycles. The molecule has 0 aliphatic carbocycles. The van der Waals surface area contributed by atoms with Gasteiger partial charge in [0, 0.05) is 30.1 Å². The number of phenolic OH excluding ortho intramolecular Hbond substituents is 1. The van der Waals surface area contributed by atoms with Crippen molar-refractivity contribution in [2.75, 3.05) is 44.6 Å². The molecule has 1 aromatic heterocycles. The molecular weight excluding hydrogens is 757 g/mol. The van der Waals surface area contributed by atoms with Crippen molar-refractivity contribution in [2.45, 2.75) is 83.2 Å². The van der Waals surface area contributed by atoms with Gasteiger partial charge in [0.05, 0.1) is 23.9 Å². The summed E-state index contributed by atoms with van der Waals surface area (Å²) in [6.07, 6.45) is 3.88. The van der Waals surface area contributed by atoms with Crippen molar-refractivity contribution in [1.82, 2.24) is 15.2 Å². The fourth-order valence-corrected chi connectivity index (χ4v) is 9.33. The molecular formula is C48H60N4O6Si. The Morgan fingerprint density at radius 2 is 1.71 bits per heavy atom. The SMILES string of the molecule is CC(C)(C)[Si](C)(C)OC(CNCCc1cccc(OCCCc2ccc(-c3ccccc3)c(NC(=O)O[C@H]3CN4CCC3CC4)c2)c1)c1ccc(O)c2[nH]c(=O)ccc12. The average Bonchev–Trinajstić information content (AvgIpc) is 3.21. The van der Waals surface area contributed by atoms with E-state index in [1.54, 1.807) is 12.1 Å². The molecule has 1 unspecified atom stereocenters. The molecule has 1 amide bonds. The van der Waals surface area contributed by atoms with Gasteiger partial charge >= 0.3 is 6.09 Å². The second-order valence-electron chi connectivity index (χ2n) is 17.7. The van der Waals surface area contributed by atoms with Crippen LogP contribution >= 0.6 is 0 Å². The number of fused-ring (bicyclic) bond motifs is 4. The summed E-state index contributed by atoms with van der Waals surface area (Å²) in [5.41, 5.74) is 6.16. The number of anilines is 1. The Labute approximate surface area is 349 Å². The van der Waals surface area contributed by atoms with Crippen LogP contribution in [-0.2, 0) is 22.0 Å². The summed E-state index contributed by atoms with van der Waals surface area (Å²) in [4.78, 5) is 30.5. The number of amides is 1. The number of hydrogen-bond donors (Lipinski definition) is 4. The zero-order chi connectivity index (χ0) is 41.6. The predicted octanol–water partition coefficient (Wildman–Crippen LogP) is 9.45. The first-order valence-corrected chi connectivity index (χ1v) is 24.1. The van der Waals surface area contributed by atoms with Crippen molar-refractivity contribution in [3.05, 3.63) is 124 Å². The summed E-state index contributed by atoms with van der Waals surface area (Å²) in [5, 5.41) is 18.0. The summed E-state index contributed by atoms with van der Waals surface area (Å²) in [5.74, 6) is 1.33. The number of phenols is 1. The molecule has 11 heteroatoms. The predicted molar refractivity (Wildman–Crippen MR) is 239 cm³/mol. The molecule has 4 aromatic carbocycles. The minimum absolute atomic E-state index is 0.00211. The normalized spacial score (nSPS) is 18.4. The molecule has 10 nitrogen and oxygen atoms in total. The molecule has 312 valence electrons. The first kappa shape index (κ1) is 42.2. The number of aromatic nitrogens is 1. The summed E-state index contributed by atoms with van der Waals surface area (Å²) in [6, 6.07) is 31.5. The number of hydrogen-bond acceptors (Lipinski definition) is 8. The Balaban J connectivity index is 0.933. The number of carbonyl (C=O) groups excluding carboxylic acids is 1. The molecule has 0 saturated carbocycles. The largest absolute Gasteiger partial charge is 0.506 e. The molecule has 4 N–H and O–H groups in total. The Hall–Kier alpha value is -4.94. The zero-order valence-electron chi connectivity index (χ0n) is 35.2. The van der Waals surface area contributed by atoms with Gasteiger partial charge in [0.2, 0.25) is 5.56 Å². The molecule has 8 rings (SSSR count). The lowest BCUT2D eigenvalue weighted by molar-refractivity contribution is -0.0289. The van der Waals surface area contributed by atoms with E-state index in [-0.39, 0.29) is 34.6 Å². The Kier molecular flexibility index (Phi) is 13.3. The van der Waals surface area contributed by atoms with Crippen LogP contribution in [0.1, 0.15) is 62.8 Å². The third kappa shape index (κ3) is 10.6. The van der Waals surface area contributed by atoms with Gasteiger partial charge in [-0.05, 0) is 128 Å².